The third-order valence-corrected chi connectivity index (χ3v) is 6.43. The van der Waals surface area contributed by atoms with Crippen molar-refractivity contribution in [3.05, 3.63) is 58.9 Å². The molecule has 1 atom stereocenters. The quantitative estimate of drug-likeness (QED) is 0.656. The van der Waals surface area contributed by atoms with Gasteiger partial charge >= 0.3 is 0 Å². The number of amides is 2. The topological polar surface area (TPSA) is 79.3 Å². The smallest absolute Gasteiger partial charge is 0.242 e. The normalized spacial score (nSPS) is 19.4. The minimum atomic E-state index is -0.520. The molecule has 0 unspecified atom stereocenters. The van der Waals surface area contributed by atoms with Crippen LogP contribution in [-0.4, -0.2) is 52.7 Å². The summed E-state index contributed by atoms with van der Waals surface area (Å²) in [6, 6.07) is 9.38. The Morgan fingerprint density at radius 2 is 2.03 bits per heavy atom. The van der Waals surface area contributed by atoms with Gasteiger partial charge in [-0.25, -0.2) is 4.68 Å². The van der Waals surface area contributed by atoms with Crippen molar-refractivity contribution in [1.82, 2.24) is 25.3 Å². The number of benzene rings is 1. The predicted octanol–water partition coefficient (Wildman–Crippen LogP) is 2.97. The summed E-state index contributed by atoms with van der Waals surface area (Å²) in [4.78, 5) is 27.6. The first-order valence-electron chi connectivity index (χ1n) is 11.6. The van der Waals surface area contributed by atoms with Gasteiger partial charge in [-0.15, -0.1) is 0 Å². The van der Waals surface area contributed by atoms with Crippen LogP contribution in [0.2, 0.25) is 0 Å². The average Bonchev–Trinajstić information content (AvgIpc) is 3.09. The Balaban J connectivity index is 1.47. The fourth-order valence-electron chi connectivity index (χ4n) is 4.80. The number of nitrogens with zero attached hydrogens (tertiary/aromatic N) is 3. The van der Waals surface area contributed by atoms with Crippen LogP contribution in [0.5, 0.6) is 0 Å². The van der Waals surface area contributed by atoms with Gasteiger partial charge in [-0.2, -0.15) is 5.10 Å². The van der Waals surface area contributed by atoms with Gasteiger partial charge < -0.3 is 10.6 Å². The van der Waals surface area contributed by atoms with Crippen molar-refractivity contribution in [2.24, 2.45) is 0 Å². The van der Waals surface area contributed by atoms with Crippen molar-refractivity contribution in [3.63, 3.8) is 0 Å². The van der Waals surface area contributed by atoms with E-state index in [1.165, 1.54) is 18.4 Å². The van der Waals surface area contributed by atoms with Crippen molar-refractivity contribution in [3.8, 4) is 5.69 Å². The number of carbonyl (C=O) groups excluding carboxylic acids is 2. The first-order valence-corrected chi connectivity index (χ1v) is 11.6. The number of aromatic nitrogens is 2. The van der Waals surface area contributed by atoms with Crippen LogP contribution in [0.1, 0.15) is 55.1 Å². The maximum atomic E-state index is 12.9. The van der Waals surface area contributed by atoms with E-state index in [2.05, 4.69) is 16.7 Å². The first-order chi connectivity index (χ1) is 15.5. The zero-order valence-corrected chi connectivity index (χ0v) is 19.1. The van der Waals surface area contributed by atoms with Crippen molar-refractivity contribution >= 4 is 11.8 Å². The van der Waals surface area contributed by atoms with E-state index in [1.807, 2.05) is 53.8 Å². The molecular formula is C25H33N5O2. The lowest BCUT2D eigenvalue weighted by atomic mass is 9.97. The van der Waals surface area contributed by atoms with Crippen LogP contribution >= 0.6 is 0 Å². The fraction of sp³-hybridized carbons (Fsp3) is 0.480. The largest absolute Gasteiger partial charge is 0.355 e. The van der Waals surface area contributed by atoms with E-state index in [0.29, 0.717) is 19.6 Å². The maximum absolute atomic E-state index is 12.9. The minimum absolute atomic E-state index is 0.0353. The number of para-hydroxylation sites is 1. The molecule has 2 aromatic rings. The SMILES string of the molecule is Cc1nn(-c2ccccc2)c(C)c1[C@H]1C(=O)NCCN1CC(=O)NCCC1=CCCCC1. The maximum Gasteiger partial charge on any atom is 0.242 e. The van der Waals surface area contributed by atoms with Crippen molar-refractivity contribution < 1.29 is 9.59 Å². The van der Waals surface area contributed by atoms with Gasteiger partial charge in [0, 0.05) is 30.9 Å². The molecule has 170 valence electrons. The van der Waals surface area contributed by atoms with Crippen molar-refractivity contribution in [2.75, 3.05) is 26.2 Å². The molecule has 2 N–H and O–H groups in total. The van der Waals surface area contributed by atoms with E-state index in [1.54, 1.807) is 0 Å². The third-order valence-electron chi connectivity index (χ3n) is 6.43. The Bertz CT molecular complexity index is 995. The molecular weight excluding hydrogens is 402 g/mol. The van der Waals surface area contributed by atoms with Gasteiger partial charge in [-0.05, 0) is 58.1 Å². The number of piperazine rings is 1. The molecule has 1 fully saturated rings. The molecule has 2 amide bonds. The van der Waals surface area contributed by atoms with Crippen molar-refractivity contribution in [2.45, 2.75) is 52.0 Å². The summed E-state index contributed by atoms with van der Waals surface area (Å²) in [5.41, 5.74) is 5.02. The number of carbonyl (C=O) groups is 2. The zero-order chi connectivity index (χ0) is 22.5. The number of hydrogen-bond acceptors (Lipinski definition) is 4. The number of hydrogen-bond donors (Lipinski definition) is 2. The van der Waals surface area contributed by atoms with Gasteiger partial charge in [0.15, 0.2) is 0 Å². The summed E-state index contributed by atoms with van der Waals surface area (Å²) in [7, 11) is 0. The number of aryl methyl sites for hydroxylation is 1. The molecule has 32 heavy (non-hydrogen) atoms. The molecule has 2 heterocycles. The van der Waals surface area contributed by atoms with Crippen molar-refractivity contribution in [1.29, 1.82) is 0 Å². The average molecular weight is 436 g/mol. The minimum Gasteiger partial charge on any atom is -0.355 e. The second-order valence-corrected chi connectivity index (χ2v) is 8.70. The lowest BCUT2D eigenvalue weighted by molar-refractivity contribution is -0.131. The van der Waals surface area contributed by atoms with Crippen LogP contribution in [0, 0.1) is 13.8 Å². The highest BCUT2D eigenvalue weighted by molar-refractivity contribution is 5.86. The molecule has 0 radical (unpaired) electrons. The zero-order valence-electron chi connectivity index (χ0n) is 19.1. The summed E-state index contributed by atoms with van der Waals surface area (Å²) in [5.74, 6) is -0.109. The van der Waals surface area contributed by atoms with Gasteiger partial charge in [0.2, 0.25) is 11.8 Å². The summed E-state index contributed by atoms with van der Waals surface area (Å²) in [5, 5.41) is 10.7. The number of allylic oxidation sites excluding steroid dienone is 1. The third kappa shape index (κ3) is 4.93. The van der Waals surface area contributed by atoms with E-state index < -0.39 is 6.04 Å². The first kappa shape index (κ1) is 22.3. The molecule has 2 aliphatic rings. The molecule has 0 spiro atoms. The van der Waals surface area contributed by atoms with Crippen LogP contribution in [0.25, 0.3) is 5.69 Å². The Hall–Kier alpha value is -2.93. The Kier molecular flexibility index (Phi) is 7.05. The van der Waals surface area contributed by atoms with E-state index in [9.17, 15) is 9.59 Å². The highest BCUT2D eigenvalue weighted by Crippen LogP contribution is 2.30. The Morgan fingerprint density at radius 3 is 2.78 bits per heavy atom. The van der Waals surface area contributed by atoms with Gasteiger partial charge in [-0.3, -0.25) is 14.5 Å². The van der Waals surface area contributed by atoms with Gasteiger partial charge in [0.1, 0.15) is 6.04 Å². The summed E-state index contributed by atoms with van der Waals surface area (Å²) in [6.07, 6.45) is 8.05. The summed E-state index contributed by atoms with van der Waals surface area (Å²) >= 11 is 0. The molecule has 7 heteroatoms. The molecule has 0 bridgehead atoms. The van der Waals surface area contributed by atoms with Crippen LogP contribution in [0.3, 0.4) is 0 Å². The second kappa shape index (κ2) is 10.1. The van der Waals surface area contributed by atoms with Gasteiger partial charge in [0.05, 0.1) is 17.9 Å². The van der Waals surface area contributed by atoms with Crippen LogP contribution in [0.15, 0.2) is 42.0 Å². The molecule has 1 aliphatic carbocycles. The van der Waals surface area contributed by atoms with Gasteiger partial charge in [-0.1, -0.05) is 29.8 Å². The predicted molar refractivity (Wildman–Crippen MR) is 125 cm³/mol. The van der Waals surface area contributed by atoms with Gasteiger partial charge in [0.25, 0.3) is 0 Å². The van der Waals surface area contributed by atoms with E-state index in [-0.39, 0.29) is 18.4 Å². The van der Waals surface area contributed by atoms with Crippen LogP contribution < -0.4 is 10.6 Å². The standard InChI is InChI=1S/C25H33N5O2/c1-18-23(19(2)30(28-18)21-11-7-4-8-12-21)24-25(32)27-15-16-29(24)17-22(31)26-14-13-20-9-5-3-6-10-20/h4,7-9,11-12,24H,3,5-6,10,13-17H2,1-2H3,(H,26,31)(H,27,32)/t24-/m0/s1. The number of rotatable bonds is 7. The molecule has 1 aliphatic heterocycles. The lowest BCUT2D eigenvalue weighted by Gasteiger charge is -2.34. The second-order valence-electron chi connectivity index (χ2n) is 8.70. The Labute approximate surface area is 189 Å². The monoisotopic (exact) mass is 435 g/mol. The molecule has 7 nitrogen and oxygen atoms in total. The molecule has 1 aromatic carbocycles. The molecule has 1 aromatic heterocycles. The van der Waals surface area contributed by atoms with Crippen LogP contribution in [-0.2, 0) is 9.59 Å². The highest BCUT2D eigenvalue weighted by Gasteiger charge is 2.36. The number of nitrogens with one attached hydrogen (secondary N) is 2. The summed E-state index contributed by atoms with van der Waals surface area (Å²) in [6.45, 7) is 5.94. The molecule has 1 saturated heterocycles. The van der Waals surface area contributed by atoms with E-state index in [0.717, 1.165) is 41.9 Å². The molecule has 4 rings (SSSR count). The lowest BCUT2D eigenvalue weighted by Crippen LogP contribution is -2.53. The Morgan fingerprint density at radius 1 is 1.22 bits per heavy atom. The van der Waals surface area contributed by atoms with Crippen LogP contribution in [0.4, 0.5) is 0 Å². The summed E-state index contributed by atoms with van der Waals surface area (Å²) < 4.78 is 1.88. The van der Waals surface area contributed by atoms with E-state index >= 15 is 0 Å². The fourth-order valence-corrected chi connectivity index (χ4v) is 4.80. The van der Waals surface area contributed by atoms with E-state index in [4.69, 9.17) is 5.10 Å². The molecule has 0 saturated carbocycles. The highest BCUT2D eigenvalue weighted by atomic mass is 16.2.